The van der Waals surface area contributed by atoms with Gasteiger partial charge in [-0.2, -0.15) is 5.10 Å². The molecule has 20 heavy (non-hydrogen) atoms. The zero-order chi connectivity index (χ0) is 14.7. The zero-order valence-electron chi connectivity index (χ0n) is 11.5. The number of carbonyl (C=O) groups is 1. The number of rotatable bonds is 3. The maximum Gasteiger partial charge on any atom is 0.343 e. The van der Waals surface area contributed by atoms with Crippen LogP contribution in [0, 0.1) is 6.92 Å². The number of aryl methyl sites for hydroxylation is 1. The lowest BCUT2D eigenvalue weighted by Gasteiger charge is -2.13. The van der Waals surface area contributed by atoms with Gasteiger partial charge in [0.25, 0.3) is 0 Å². The van der Waals surface area contributed by atoms with E-state index in [1.807, 2.05) is 13.0 Å². The lowest BCUT2D eigenvalue weighted by atomic mass is 10.3. The Balaban J connectivity index is 2.01. The van der Waals surface area contributed by atoms with Crippen molar-refractivity contribution in [1.29, 1.82) is 0 Å². The summed E-state index contributed by atoms with van der Waals surface area (Å²) >= 11 is 0. The number of nitrogens with zero attached hydrogens (tertiary/aromatic N) is 3. The van der Waals surface area contributed by atoms with Crippen LogP contribution in [-0.4, -0.2) is 25.8 Å². The normalized spacial score (nSPS) is 11.9. The number of carbonyl (C=O) groups excluding carboxylic acids is 1. The van der Waals surface area contributed by atoms with E-state index in [0.717, 1.165) is 5.69 Å². The largest absolute Gasteiger partial charge is 0.343 e. The summed E-state index contributed by atoms with van der Waals surface area (Å²) in [6.45, 7) is 3.57. The summed E-state index contributed by atoms with van der Waals surface area (Å²) in [7, 11) is 1.58. The first-order valence-corrected chi connectivity index (χ1v) is 6.10. The molecule has 2 heterocycles. The second kappa shape index (κ2) is 5.55. The molecule has 0 fully saturated rings. The minimum atomic E-state index is -0.413. The van der Waals surface area contributed by atoms with E-state index in [9.17, 15) is 9.59 Å². The monoisotopic (exact) mass is 276 g/mol. The average Bonchev–Trinajstić information content (AvgIpc) is 2.69. The van der Waals surface area contributed by atoms with Gasteiger partial charge in [-0.05, 0) is 26.0 Å². The van der Waals surface area contributed by atoms with Gasteiger partial charge in [0, 0.05) is 12.7 Å². The van der Waals surface area contributed by atoms with Crippen molar-refractivity contribution in [3.8, 4) is 0 Å². The molecule has 0 saturated heterocycles. The van der Waals surface area contributed by atoms with Crippen molar-refractivity contribution in [2.24, 2.45) is 7.05 Å². The van der Waals surface area contributed by atoms with Crippen molar-refractivity contribution in [3.63, 3.8) is 0 Å². The van der Waals surface area contributed by atoms with Crippen LogP contribution in [0.2, 0.25) is 0 Å². The summed E-state index contributed by atoms with van der Waals surface area (Å²) in [5, 5.41) is 11.5. The van der Waals surface area contributed by atoms with Crippen LogP contribution in [-0.2, 0) is 7.05 Å². The highest BCUT2D eigenvalue weighted by molar-refractivity contribution is 5.88. The van der Waals surface area contributed by atoms with Crippen LogP contribution in [0.4, 0.5) is 10.6 Å². The molecule has 0 bridgehead atoms. The molecular weight excluding hydrogens is 260 g/mol. The Labute approximate surface area is 115 Å². The number of urea groups is 1. The molecule has 3 N–H and O–H groups in total. The summed E-state index contributed by atoms with van der Waals surface area (Å²) in [5.41, 5.74) is 0.486. The summed E-state index contributed by atoms with van der Waals surface area (Å²) < 4.78 is 1.34. The van der Waals surface area contributed by atoms with Crippen molar-refractivity contribution in [2.45, 2.75) is 19.9 Å². The Morgan fingerprint density at radius 2 is 2.20 bits per heavy atom. The van der Waals surface area contributed by atoms with Crippen molar-refractivity contribution < 1.29 is 4.79 Å². The fourth-order valence-electron chi connectivity index (χ4n) is 1.77. The topological polar surface area (TPSA) is 105 Å². The first-order valence-electron chi connectivity index (χ1n) is 6.10. The van der Waals surface area contributed by atoms with Crippen molar-refractivity contribution in [3.05, 3.63) is 40.2 Å². The first-order chi connectivity index (χ1) is 9.47. The number of aromatic amines is 1. The summed E-state index contributed by atoms with van der Waals surface area (Å²) in [6.07, 6.45) is 0. The molecule has 0 aliphatic rings. The fraction of sp³-hybridized carbons (Fsp3) is 0.333. The number of hydrogen-bond acceptors (Lipinski definition) is 4. The smallest absolute Gasteiger partial charge is 0.328 e. The van der Waals surface area contributed by atoms with Crippen LogP contribution in [0.15, 0.2) is 23.0 Å². The van der Waals surface area contributed by atoms with Gasteiger partial charge in [-0.25, -0.2) is 19.7 Å². The van der Waals surface area contributed by atoms with Gasteiger partial charge in [0.15, 0.2) is 5.82 Å². The fourth-order valence-corrected chi connectivity index (χ4v) is 1.77. The molecule has 2 aromatic heterocycles. The maximum absolute atomic E-state index is 11.8. The average molecular weight is 276 g/mol. The Kier molecular flexibility index (Phi) is 3.83. The van der Waals surface area contributed by atoms with E-state index in [1.165, 1.54) is 4.57 Å². The molecule has 8 nitrogen and oxygen atoms in total. The van der Waals surface area contributed by atoms with Gasteiger partial charge < -0.3 is 5.32 Å². The van der Waals surface area contributed by atoms with Gasteiger partial charge in [0.2, 0.25) is 0 Å². The third-order valence-corrected chi connectivity index (χ3v) is 2.78. The Morgan fingerprint density at radius 3 is 2.80 bits per heavy atom. The highest BCUT2D eigenvalue weighted by Crippen LogP contribution is 2.07. The number of anilines is 1. The zero-order valence-corrected chi connectivity index (χ0v) is 11.5. The number of amides is 2. The Morgan fingerprint density at radius 1 is 1.45 bits per heavy atom. The van der Waals surface area contributed by atoms with Crippen LogP contribution in [0.5, 0.6) is 0 Å². The van der Waals surface area contributed by atoms with Gasteiger partial charge in [0.1, 0.15) is 5.82 Å². The highest BCUT2D eigenvalue weighted by Gasteiger charge is 2.15. The molecular formula is C12H16N6O2. The number of hydrogen-bond donors (Lipinski definition) is 3. The Hall–Kier alpha value is -2.64. The molecule has 0 radical (unpaired) electrons. The van der Waals surface area contributed by atoms with E-state index in [4.69, 9.17) is 0 Å². The summed E-state index contributed by atoms with van der Waals surface area (Å²) in [4.78, 5) is 27.3. The molecule has 0 saturated carbocycles. The third kappa shape index (κ3) is 3.02. The van der Waals surface area contributed by atoms with Gasteiger partial charge in [-0.3, -0.25) is 9.88 Å². The number of H-pyrrole nitrogens is 1. The number of aromatic nitrogens is 4. The van der Waals surface area contributed by atoms with Gasteiger partial charge in [-0.1, -0.05) is 6.07 Å². The van der Waals surface area contributed by atoms with Crippen LogP contribution in [0.1, 0.15) is 24.5 Å². The van der Waals surface area contributed by atoms with Crippen molar-refractivity contribution >= 4 is 11.8 Å². The van der Waals surface area contributed by atoms with Crippen LogP contribution < -0.4 is 16.3 Å². The molecule has 8 heteroatoms. The molecule has 0 aliphatic carbocycles. The van der Waals surface area contributed by atoms with Crippen LogP contribution in [0.25, 0.3) is 0 Å². The predicted molar refractivity (Wildman–Crippen MR) is 73.4 cm³/mol. The standard InChI is InChI=1S/C12H16N6O2/c1-7-5-4-6-9(13-7)15-11(19)14-8(2)10-16-17-12(20)18(10)3/h4-6,8H,1-3H3,(H,17,20)(H2,13,14,15,19)/t8-/m1/s1. The van der Waals surface area contributed by atoms with E-state index in [2.05, 4.69) is 25.8 Å². The van der Waals surface area contributed by atoms with Crippen molar-refractivity contribution in [1.82, 2.24) is 25.1 Å². The lowest BCUT2D eigenvalue weighted by Crippen LogP contribution is -2.33. The molecule has 2 rings (SSSR count). The number of nitrogens with one attached hydrogen (secondary N) is 3. The third-order valence-electron chi connectivity index (χ3n) is 2.78. The predicted octanol–water partition coefficient (Wildman–Crippen LogP) is 0.695. The minimum Gasteiger partial charge on any atom is -0.328 e. The Bertz CT molecular complexity index is 675. The van der Waals surface area contributed by atoms with E-state index >= 15 is 0 Å². The molecule has 106 valence electrons. The summed E-state index contributed by atoms with van der Waals surface area (Å²) in [5.74, 6) is 0.910. The molecule has 0 aromatic carbocycles. The van der Waals surface area contributed by atoms with E-state index in [1.54, 1.807) is 26.1 Å². The SMILES string of the molecule is Cc1cccc(NC(=O)N[C@H](C)c2n[nH]c(=O)n2C)n1. The first kappa shape index (κ1) is 13.8. The molecule has 2 aromatic rings. The van der Waals surface area contributed by atoms with Crippen molar-refractivity contribution in [2.75, 3.05) is 5.32 Å². The van der Waals surface area contributed by atoms with E-state index in [0.29, 0.717) is 11.6 Å². The second-order valence-electron chi connectivity index (χ2n) is 4.43. The molecule has 2 amide bonds. The second-order valence-corrected chi connectivity index (χ2v) is 4.43. The molecule has 0 aliphatic heterocycles. The quantitative estimate of drug-likeness (QED) is 0.767. The summed E-state index contributed by atoms with van der Waals surface area (Å²) in [6, 6.07) is 4.51. The van der Waals surface area contributed by atoms with Crippen LogP contribution >= 0.6 is 0 Å². The van der Waals surface area contributed by atoms with E-state index < -0.39 is 12.1 Å². The van der Waals surface area contributed by atoms with Gasteiger partial charge in [0.05, 0.1) is 6.04 Å². The lowest BCUT2D eigenvalue weighted by molar-refractivity contribution is 0.248. The molecule has 0 unspecified atom stereocenters. The minimum absolute atomic E-state index is 0.325. The van der Waals surface area contributed by atoms with Crippen LogP contribution in [0.3, 0.4) is 0 Å². The van der Waals surface area contributed by atoms with E-state index in [-0.39, 0.29) is 5.69 Å². The van der Waals surface area contributed by atoms with Gasteiger partial charge >= 0.3 is 11.7 Å². The maximum atomic E-state index is 11.8. The molecule has 1 atom stereocenters. The highest BCUT2D eigenvalue weighted by atomic mass is 16.2. The number of pyridine rings is 1. The molecule has 0 spiro atoms. The van der Waals surface area contributed by atoms with Gasteiger partial charge in [-0.15, -0.1) is 0 Å².